The first-order chi connectivity index (χ1) is 13.0. The Morgan fingerprint density at radius 2 is 1.96 bits per heavy atom. The minimum atomic E-state index is -0.202. The molecule has 1 aromatic carbocycles. The highest BCUT2D eigenvalue weighted by molar-refractivity contribution is 5.92. The van der Waals surface area contributed by atoms with Crippen molar-refractivity contribution in [3.63, 3.8) is 0 Å². The molecule has 0 aliphatic rings. The number of aryl methyl sites for hydroxylation is 1. The average Bonchev–Trinajstić information content (AvgIpc) is 2.65. The van der Waals surface area contributed by atoms with Crippen molar-refractivity contribution in [2.75, 3.05) is 46.2 Å². The molecule has 0 spiro atoms. The zero-order valence-corrected chi connectivity index (χ0v) is 16.6. The normalized spacial score (nSPS) is 10.7. The molecule has 0 aliphatic heterocycles. The zero-order valence-electron chi connectivity index (χ0n) is 16.6. The van der Waals surface area contributed by atoms with Crippen molar-refractivity contribution < 1.29 is 9.53 Å². The molecule has 0 fully saturated rings. The molecule has 0 saturated carbocycles. The molecule has 7 heteroatoms. The molecular formula is C20H29N5O2. The maximum Gasteiger partial charge on any atom is 0.270 e. The second-order valence-electron chi connectivity index (χ2n) is 6.59. The standard InChI is InChI=1S/C20H29N5O2/c1-15-23-17(14-19(24-15)21-11-7-13-25(2)3)20(26)22-12-10-16-8-5-6-9-18(16)27-4/h5-6,8-9,14H,7,10-13H2,1-4H3,(H,22,26)(H,21,23,24). The van der Waals surface area contributed by atoms with E-state index in [4.69, 9.17) is 4.74 Å². The van der Waals surface area contributed by atoms with E-state index in [0.717, 1.165) is 30.8 Å². The largest absolute Gasteiger partial charge is 0.496 e. The van der Waals surface area contributed by atoms with E-state index in [9.17, 15) is 4.79 Å². The molecule has 7 nitrogen and oxygen atoms in total. The number of anilines is 1. The summed E-state index contributed by atoms with van der Waals surface area (Å²) in [4.78, 5) is 23.2. The van der Waals surface area contributed by atoms with Crippen LogP contribution < -0.4 is 15.4 Å². The van der Waals surface area contributed by atoms with Crippen LogP contribution in [0.3, 0.4) is 0 Å². The van der Waals surface area contributed by atoms with Gasteiger partial charge in [0.1, 0.15) is 23.1 Å². The molecule has 2 rings (SSSR count). The van der Waals surface area contributed by atoms with E-state index in [2.05, 4.69) is 25.5 Å². The number of ether oxygens (including phenoxy) is 1. The number of nitrogens with zero attached hydrogens (tertiary/aromatic N) is 3. The fraction of sp³-hybridized carbons (Fsp3) is 0.450. The molecule has 0 aliphatic carbocycles. The number of nitrogens with one attached hydrogen (secondary N) is 2. The van der Waals surface area contributed by atoms with Gasteiger partial charge in [0.25, 0.3) is 5.91 Å². The van der Waals surface area contributed by atoms with E-state index in [0.29, 0.717) is 30.3 Å². The molecular weight excluding hydrogens is 342 g/mol. The van der Waals surface area contributed by atoms with Crippen LogP contribution in [0.1, 0.15) is 28.3 Å². The maximum absolute atomic E-state index is 12.4. The lowest BCUT2D eigenvalue weighted by Gasteiger charge is -2.12. The van der Waals surface area contributed by atoms with Gasteiger partial charge in [-0.3, -0.25) is 4.79 Å². The lowest BCUT2D eigenvalue weighted by atomic mass is 10.1. The number of aromatic nitrogens is 2. The summed E-state index contributed by atoms with van der Waals surface area (Å²) in [7, 11) is 5.73. The Kier molecular flexibility index (Phi) is 8.00. The minimum Gasteiger partial charge on any atom is -0.496 e. The van der Waals surface area contributed by atoms with Crippen LogP contribution in [-0.2, 0) is 6.42 Å². The molecule has 27 heavy (non-hydrogen) atoms. The summed E-state index contributed by atoms with van der Waals surface area (Å²) >= 11 is 0. The van der Waals surface area contributed by atoms with Crippen molar-refractivity contribution >= 4 is 11.7 Å². The highest BCUT2D eigenvalue weighted by Gasteiger charge is 2.11. The summed E-state index contributed by atoms with van der Waals surface area (Å²) in [5.74, 6) is 1.87. The van der Waals surface area contributed by atoms with E-state index >= 15 is 0 Å². The summed E-state index contributed by atoms with van der Waals surface area (Å²) < 4.78 is 5.34. The van der Waals surface area contributed by atoms with E-state index in [1.165, 1.54) is 0 Å². The lowest BCUT2D eigenvalue weighted by Crippen LogP contribution is -2.27. The van der Waals surface area contributed by atoms with Gasteiger partial charge < -0.3 is 20.3 Å². The quantitative estimate of drug-likeness (QED) is 0.623. The van der Waals surface area contributed by atoms with Gasteiger partial charge >= 0.3 is 0 Å². The number of hydrogen-bond donors (Lipinski definition) is 2. The van der Waals surface area contributed by atoms with Gasteiger partial charge in [0.05, 0.1) is 7.11 Å². The SMILES string of the molecule is COc1ccccc1CCNC(=O)c1cc(NCCCN(C)C)nc(C)n1. The van der Waals surface area contributed by atoms with Crippen LogP contribution in [0.2, 0.25) is 0 Å². The van der Waals surface area contributed by atoms with Gasteiger partial charge in [-0.1, -0.05) is 18.2 Å². The second-order valence-corrected chi connectivity index (χ2v) is 6.59. The van der Waals surface area contributed by atoms with Crippen LogP contribution in [0, 0.1) is 6.92 Å². The lowest BCUT2D eigenvalue weighted by molar-refractivity contribution is 0.0948. The predicted molar refractivity (Wildman–Crippen MR) is 107 cm³/mol. The van der Waals surface area contributed by atoms with Gasteiger partial charge in [-0.2, -0.15) is 0 Å². The molecule has 0 saturated heterocycles. The third-order valence-electron chi connectivity index (χ3n) is 4.03. The van der Waals surface area contributed by atoms with E-state index in [1.807, 2.05) is 38.4 Å². The molecule has 2 aromatic rings. The molecule has 2 N–H and O–H groups in total. The van der Waals surface area contributed by atoms with Crippen molar-refractivity contribution in [3.05, 3.63) is 47.4 Å². The smallest absolute Gasteiger partial charge is 0.270 e. The summed E-state index contributed by atoms with van der Waals surface area (Å²) in [5, 5.41) is 6.17. The van der Waals surface area contributed by atoms with Crippen LogP contribution in [-0.4, -0.2) is 61.6 Å². The topological polar surface area (TPSA) is 79.4 Å². The number of rotatable bonds is 10. The van der Waals surface area contributed by atoms with Gasteiger partial charge in [-0.15, -0.1) is 0 Å². The summed E-state index contributed by atoms with van der Waals surface area (Å²) in [5.41, 5.74) is 1.43. The number of hydrogen-bond acceptors (Lipinski definition) is 6. The molecule has 1 aromatic heterocycles. The van der Waals surface area contributed by atoms with Crippen LogP contribution >= 0.6 is 0 Å². The molecule has 146 valence electrons. The van der Waals surface area contributed by atoms with E-state index in [1.54, 1.807) is 20.1 Å². The Balaban J connectivity index is 1.89. The summed E-state index contributed by atoms with van der Waals surface area (Å²) in [6.45, 7) is 4.08. The summed E-state index contributed by atoms with van der Waals surface area (Å²) in [6.07, 6.45) is 1.69. The van der Waals surface area contributed by atoms with Crippen molar-refractivity contribution in [2.24, 2.45) is 0 Å². The van der Waals surface area contributed by atoms with Crippen LogP contribution in [0.4, 0.5) is 5.82 Å². The molecule has 0 atom stereocenters. The Morgan fingerprint density at radius 1 is 1.19 bits per heavy atom. The van der Waals surface area contributed by atoms with Crippen molar-refractivity contribution in [2.45, 2.75) is 19.8 Å². The minimum absolute atomic E-state index is 0.202. The molecule has 1 amide bonds. The Bertz CT molecular complexity index is 749. The van der Waals surface area contributed by atoms with Gasteiger partial charge in [0.15, 0.2) is 0 Å². The Labute approximate surface area is 161 Å². The first-order valence-corrected chi connectivity index (χ1v) is 9.14. The summed E-state index contributed by atoms with van der Waals surface area (Å²) in [6, 6.07) is 9.50. The second kappa shape index (κ2) is 10.5. The maximum atomic E-state index is 12.4. The fourth-order valence-electron chi connectivity index (χ4n) is 2.70. The first kappa shape index (κ1) is 20.6. The Morgan fingerprint density at radius 3 is 2.70 bits per heavy atom. The molecule has 0 unspecified atom stereocenters. The van der Waals surface area contributed by atoms with Gasteiger partial charge in [-0.05, 0) is 52.0 Å². The number of methoxy groups -OCH3 is 1. The fourth-order valence-corrected chi connectivity index (χ4v) is 2.70. The van der Waals surface area contributed by atoms with Gasteiger partial charge in [0, 0.05) is 19.2 Å². The van der Waals surface area contributed by atoms with Crippen molar-refractivity contribution in [3.8, 4) is 5.75 Å². The van der Waals surface area contributed by atoms with Gasteiger partial charge in [-0.25, -0.2) is 9.97 Å². The highest BCUT2D eigenvalue weighted by Crippen LogP contribution is 2.17. The zero-order chi connectivity index (χ0) is 19.6. The first-order valence-electron chi connectivity index (χ1n) is 9.14. The molecule has 1 heterocycles. The third-order valence-corrected chi connectivity index (χ3v) is 4.03. The van der Waals surface area contributed by atoms with Crippen molar-refractivity contribution in [1.29, 1.82) is 0 Å². The highest BCUT2D eigenvalue weighted by atomic mass is 16.5. The molecule has 0 radical (unpaired) electrons. The van der Waals surface area contributed by atoms with Crippen molar-refractivity contribution in [1.82, 2.24) is 20.2 Å². The number of carbonyl (C=O) groups excluding carboxylic acids is 1. The van der Waals surface area contributed by atoms with Crippen LogP contribution in [0.5, 0.6) is 5.75 Å². The number of para-hydroxylation sites is 1. The number of carbonyl (C=O) groups is 1. The molecule has 0 bridgehead atoms. The third kappa shape index (κ3) is 6.86. The Hall–Kier alpha value is -2.67. The number of benzene rings is 1. The van der Waals surface area contributed by atoms with E-state index in [-0.39, 0.29) is 5.91 Å². The van der Waals surface area contributed by atoms with Crippen LogP contribution in [0.25, 0.3) is 0 Å². The van der Waals surface area contributed by atoms with Gasteiger partial charge in [0.2, 0.25) is 0 Å². The van der Waals surface area contributed by atoms with Crippen LogP contribution in [0.15, 0.2) is 30.3 Å². The predicted octanol–water partition coefficient (Wildman–Crippen LogP) is 2.13. The monoisotopic (exact) mass is 371 g/mol. The average molecular weight is 371 g/mol. The van der Waals surface area contributed by atoms with E-state index < -0.39 is 0 Å². The number of amides is 1.